The zero-order valence-corrected chi connectivity index (χ0v) is 24.8. The van der Waals surface area contributed by atoms with Crippen LogP contribution in [0.3, 0.4) is 0 Å². The van der Waals surface area contributed by atoms with Crippen LogP contribution in [0.15, 0.2) is 36.4 Å². The van der Waals surface area contributed by atoms with E-state index in [2.05, 4.69) is 5.32 Å². The lowest BCUT2D eigenvalue weighted by atomic mass is 9.95. The Bertz CT molecular complexity index is 1370. The van der Waals surface area contributed by atoms with Crippen molar-refractivity contribution in [2.24, 2.45) is 0 Å². The van der Waals surface area contributed by atoms with Gasteiger partial charge in [-0.3, -0.25) is 24.0 Å². The first kappa shape index (κ1) is 31.4. The van der Waals surface area contributed by atoms with E-state index in [0.717, 1.165) is 54.8 Å². The number of hydrogen-bond acceptors (Lipinski definition) is 7. The largest absolute Gasteiger partial charge is 0.495 e. The van der Waals surface area contributed by atoms with E-state index in [0.29, 0.717) is 10.6 Å². The van der Waals surface area contributed by atoms with Crippen LogP contribution in [-0.4, -0.2) is 62.0 Å². The van der Waals surface area contributed by atoms with Crippen molar-refractivity contribution in [3.8, 4) is 5.75 Å². The van der Waals surface area contributed by atoms with E-state index in [1.165, 1.54) is 24.1 Å². The zero-order valence-electron chi connectivity index (χ0n) is 22.4. The van der Waals surface area contributed by atoms with E-state index in [4.69, 9.17) is 27.9 Å². The van der Waals surface area contributed by atoms with Crippen molar-refractivity contribution < 1.29 is 27.7 Å². The van der Waals surface area contributed by atoms with Gasteiger partial charge < -0.3 is 15.0 Å². The SMILES string of the molecule is COc1ccc([N+](=O)[O-])cc1N(CC(=O)N(Cc1ccc(Cl)cc1Cl)[C@@H](C)C(=O)NC1CCCCC1)S(C)(=O)=O. The predicted octanol–water partition coefficient (Wildman–Crippen LogP) is 4.54. The summed E-state index contributed by atoms with van der Waals surface area (Å²) in [4.78, 5) is 39.0. The summed E-state index contributed by atoms with van der Waals surface area (Å²) in [5.41, 5.74) is -0.0752. The molecule has 0 spiro atoms. The maximum Gasteiger partial charge on any atom is 0.271 e. The molecule has 0 saturated heterocycles. The van der Waals surface area contributed by atoms with E-state index in [-0.39, 0.29) is 40.6 Å². The maximum atomic E-state index is 13.8. The molecule has 1 atom stereocenters. The number of carbonyl (C=O) groups excluding carboxylic acids is 2. The molecule has 1 aliphatic rings. The van der Waals surface area contributed by atoms with Crippen LogP contribution in [0, 0.1) is 10.1 Å². The van der Waals surface area contributed by atoms with E-state index in [1.807, 2.05) is 0 Å². The van der Waals surface area contributed by atoms with Crippen LogP contribution >= 0.6 is 23.2 Å². The molecule has 0 aromatic heterocycles. The highest BCUT2D eigenvalue weighted by molar-refractivity contribution is 7.92. The Morgan fingerprint density at radius 3 is 2.40 bits per heavy atom. The Morgan fingerprint density at radius 2 is 1.82 bits per heavy atom. The number of amides is 2. The molecule has 1 fully saturated rings. The number of nitrogens with zero attached hydrogens (tertiary/aromatic N) is 3. The van der Waals surface area contributed by atoms with E-state index in [9.17, 15) is 28.1 Å². The van der Waals surface area contributed by atoms with Gasteiger partial charge in [-0.05, 0) is 43.5 Å². The minimum Gasteiger partial charge on any atom is -0.495 e. The summed E-state index contributed by atoms with van der Waals surface area (Å²) >= 11 is 12.4. The van der Waals surface area contributed by atoms with Crippen LogP contribution in [-0.2, 0) is 26.2 Å². The molecule has 218 valence electrons. The highest BCUT2D eigenvalue weighted by Gasteiger charge is 2.33. The Balaban J connectivity index is 1.98. The lowest BCUT2D eigenvalue weighted by Crippen LogP contribution is -2.53. The number of non-ortho nitro benzene ring substituents is 1. The number of carbonyl (C=O) groups is 2. The number of sulfonamides is 1. The first-order valence-electron chi connectivity index (χ1n) is 12.7. The first-order chi connectivity index (χ1) is 18.8. The van der Waals surface area contributed by atoms with Crippen LogP contribution in [0.4, 0.5) is 11.4 Å². The monoisotopic (exact) mass is 614 g/mol. The average Bonchev–Trinajstić information content (AvgIpc) is 2.90. The first-order valence-corrected chi connectivity index (χ1v) is 15.3. The summed E-state index contributed by atoms with van der Waals surface area (Å²) in [5.74, 6) is -1.10. The number of nitro groups is 1. The molecule has 2 aromatic carbocycles. The zero-order chi connectivity index (χ0) is 29.6. The number of rotatable bonds is 11. The number of nitro benzene ring substituents is 1. The summed E-state index contributed by atoms with van der Waals surface area (Å²) in [7, 11) is -2.86. The van der Waals surface area contributed by atoms with Gasteiger partial charge in [-0.15, -0.1) is 0 Å². The van der Waals surface area contributed by atoms with Gasteiger partial charge in [0, 0.05) is 34.8 Å². The van der Waals surface area contributed by atoms with Crippen molar-refractivity contribution >= 4 is 56.4 Å². The molecule has 1 N–H and O–H groups in total. The molecule has 1 saturated carbocycles. The summed E-state index contributed by atoms with van der Waals surface area (Å²) in [6, 6.07) is 7.15. The minimum absolute atomic E-state index is 0.0126. The summed E-state index contributed by atoms with van der Waals surface area (Å²) in [6.07, 6.45) is 5.64. The molecule has 1 aliphatic carbocycles. The van der Waals surface area contributed by atoms with Gasteiger partial charge in [0.2, 0.25) is 21.8 Å². The number of nitrogens with one attached hydrogen (secondary N) is 1. The number of halogens is 2. The number of hydrogen-bond donors (Lipinski definition) is 1. The van der Waals surface area contributed by atoms with Crippen LogP contribution in [0.5, 0.6) is 5.75 Å². The third-order valence-corrected chi connectivity index (χ3v) is 8.51. The standard InChI is InChI=1S/C26H32Cl2N4O7S/c1-17(26(34)29-20-7-5-4-6-8-20)30(15-18-9-10-19(27)13-22(18)28)25(33)16-31(40(3,37)38)23-14-21(32(35)36)11-12-24(23)39-2/h9-14,17,20H,4-8,15-16H2,1-3H3,(H,29,34)/t17-/m0/s1. The van der Waals surface area contributed by atoms with Crippen molar-refractivity contribution in [1.82, 2.24) is 10.2 Å². The van der Waals surface area contributed by atoms with Gasteiger partial charge in [-0.1, -0.05) is 48.5 Å². The van der Waals surface area contributed by atoms with Crippen LogP contribution in [0.25, 0.3) is 0 Å². The van der Waals surface area contributed by atoms with Gasteiger partial charge in [0.05, 0.1) is 18.3 Å². The maximum absolute atomic E-state index is 13.8. The van der Waals surface area contributed by atoms with Crippen molar-refractivity contribution in [3.05, 3.63) is 62.1 Å². The fourth-order valence-electron chi connectivity index (χ4n) is 4.57. The molecule has 0 bridgehead atoms. The fourth-order valence-corrected chi connectivity index (χ4v) is 5.88. The third kappa shape index (κ3) is 7.98. The molecular weight excluding hydrogens is 583 g/mol. The number of benzene rings is 2. The number of anilines is 1. The van der Waals surface area contributed by atoms with Gasteiger partial charge in [0.1, 0.15) is 24.0 Å². The van der Waals surface area contributed by atoms with Crippen LogP contribution in [0.1, 0.15) is 44.6 Å². The van der Waals surface area contributed by atoms with E-state index >= 15 is 0 Å². The van der Waals surface area contributed by atoms with Crippen molar-refractivity contribution in [3.63, 3.8) is 0 Å². The predicted molar refractivity (Wildman–Crippen MR) is 153 cm³/mol. The van der Waals surface area contributed by atoms with Gasteiger partial charge in [0.15, 0.2) is 0 Å². The molecule has 0 unspecified atom stereocenters. The lowest BCUT2D eigenvalue weighted by Gasteiger charge is -2.33. The number of ether oxygens (including phenoxy) is 1. The molecule has 0 heterocycles. The smallest absolute Gasteiger partial charge is 0.271 e. The Labute approximate surface area is 243 Å². The van der Waals surface area contributed by atoms with Gasteiger partial charge in [0.25, 0.3) is 5.69 Å². The molecule has 2 aromatic rings. The topological polar surface area (TPSA) is 139 Å². The Morgan fingerprint density at radius 1 is 1.15 bits per heavy atom. The number of methoxy groups -OCH3 is 1. The van der Waals surface area contributed by atoms with Crippen molar-refractivity contribution in [2.75, 3.05) is 24.2 Å². The van der Waals surface area contributed by atoms with Gasteiger partial charge in [-0.2, -0.15) is 0 Å². The second-order valence-electron chi connectivity index (χ2n) is 9.66. The molecule has 0 radical (unpaired) electrons. The van der Waals surface area contributed by atoms with E-state index in [1.54, 1.807) is 19.1 Å². The molecule has 2 amide bonds. The summed E-state index contributed by atoms with van der Waals surface area (Å²) < 4.78 is 31.7. The average molecular weight is 616 g/mol. The molecule has 40 heavy (non-hydrogen) atoms. The summed E-state index contributed by atoms with van der Waals surface area (Å²) in [6.45, 7) is 0.693. The van der Waals surface area contributed by atoms with Crippen LogP contribution in [0.2, 0.25) is 10.0 Å². The summed E-state index contributed by atoms with van der Waals surface area (Å²) in [5, 5.41) is 15.1. The molecule has 14 heteroatoms. The molecule has 11 nitrogen and oxygen atoms in total. The van der Waals surface area contributed by atoms with E-state index < -0.39 is 33.4 Å². The highest BCUT2D eigenvalue weighted by atomic mass is 35.5. The highest BCUT2D eigenvalue weighted by Crippen LogP contribution is 2.34. The van der Waals surface area contributed by atoms with Crippen molar-refractivity contribution in [2.45, 2.75) is 57.7 Å². The molecular formula is C26H32Cl2N4O7S. The molecule has 0 aliphatic heterocycles. The minimum atomic E-state index is -4.14. The Hall–Kier alpha value is -3.09. The lowest BCUT2D eigenvalue weighted by molar-refractivity contribution is -0.384. The fraction of sp³-hybridized carbons (Fsp3) is 0.462. The second-order valence-corrected chi connectivity index (χ2v) is 12.4. The molecule has 3 rings (SSSR count). The quantitative estimate of drug-likeness (QED) is 0.289. The third-order valence-electron chi connectivity index (χ3n) is 6.80. The normalized spacial score (nSPS) is 14.7. The van der Waals surface area contributed by atoms with Gasteiger partial charge in [-0.25, -0.2) is 8.42 Å². The van der Waals surface area contributed by atoms with Gasteiger partial charge >= 0.3 is 0 Å². The Kier molecular flexibility index (Phi) is 10.6. The second kappa shape index (κ2) is 13.5. The van der Waals surface area contributed by atoms with Crippen molar-refractivity contribution in [1.29, 1.82) is 0 Å². The van der Waals surface area contributed by atoms with Crippen LogP contribution < -0.4 is 14.4 Å².